The molecule has 2 fully saturated rings. The van der Waals surface area contributed by atoms with E-state index >= 15 is 0 Å². The summed E-state index contributed by atoms with van der Waals surface area (Å²) in [5.41, 5.74) is 0. The SMILES string of the molecule is O=C1CCCN1CC#C[C@H]1CCCCN1. The first-order valence-corrected chi connectivity index (χ1v) is 5.86. The van der Waals surface area contributed by atoms with Crippen LogP contribution in [0.5, 0.6) is 0 Å². The lowest BCUT2D eigenvalue weighted by Crippen LogP contribution is -2.33. The minimum Gasteiger partial charge on any atom is -0.332 e. The van der Waals surface area contributed by atoms with Crippen LogP contribution in [0.3, 0.4) is 0 Å². The Morgan fingerprint density at radius 3 is 3.00 bits per heavy atom. The van der Waals surface area contributed by atoms with Crippen LogP contribution >= 0.6 is 0 Å². The van der Waals surface area contributed by atoms with Gasteiger partial charge in [0.2, 0.25) is 5.91 Å². The molecule has 0 unspecified atom stereocenters. The van der Waals surface area contributed by atoms with Gasteiger partial charge in [0, 0.05) is 13.0 Å². The fraction of sp³-hybridized carbons (Fsp3) is 0.750. The van der Waals surface area contributed by atoms with Gasteiger partial charge < -0.3 is 10.2 Å². The highest BCUT2D eigenvalue weighted by molar-refractivity contribution is 5.78. The van der Waals surface area contributed by atoms with Crippen LogP contribution in [-0.2, 0) is 4.79 Å². The third-order valence-electron chi connectivity index (χ3n) is 3.03. The Morgan fingerprint density at radius 2 is 2.33 bits per heavy atom. The minimum absolute atomic E-state index is 0.265. The highest BCUT2D eigenvalue weighted by Gasteiger charge is 2.18. The molecular weight excluding hydrogens is 188 g/mol. The summed E-state index contributed by atoms with van der Waals surface area (Å²) in [5.74, 6) is 6.60. The highest BCUT2D eigenvalue weighted by atomic mass is 16.2. The Hall–Kier alpha value is -1.01. The summed E-state index contributed by atoms with van der Waals surface area (Å²) in [6, 6.07) is 0.358. The number of rotatable bonds is 1. The van der Waals surface area contributed by atoms with E-state index in [9.17, 15) is 4.79 Å². The van der Waals surface area contributed by atoms with Crippen LogP contribution in [0.15, 0.2) is 0 Å². The molecule has 3 nitrogen and oxygen atoms in total. The van der Waals surface area contributed by atoms with Gasteiger partial charge >= 0.3 is 0 Å². The fourth-order valence-electron chi connectivity index (χ4n) is 2.11. The van der Waals surface area contributed by atoms with Gasteiger partial charge in [-0.2, -0.15) is 0 Å². The average molecular weight is 206 g/mol. The van der Waals surface area contributed by atoms with Gasteiger partial charge in [-0.3, -0.25) is 4.79 Å². The molecule has 0 spiro atoms. The Kier molecular flexibility index (Phi) is 3.63. The van der Waals surface area contributed by atoms with Gasteiger partial charge in [0.25, 0.3) is 0 Å². The molecule has 0 aromatic carbocycles. The maximum absolute atomic E-state index is 11.3. The van der Waals surface area contributed by atoms with Crippen molar-refractivity contribution in [2.45, 2.75) is 38.1 Å². The second kappa shape index (κ2) is 5.18. The van der Waals surface area contributed by atoms with E-state index in [2.05, 4.69) is 17.2 Å². The smallest absolute Gasteiger partial charge is 0.223 e. The van der Waals surface area contributed by atoms with Gasteiger partial charge in [-0.25, -0.2) is 0 Å². The third kappa shape index (κ3) is 2.97. The molecule has 1 N–H and O–H groups in total. The predicted molar refractivity (Wildman–Crippen MR) is 59.2 cm³/mol. The molecule has 15 heavy (non-hydrogen) atoms. The van der Waals surface area contributed by atoms with Gasteiger partial charge in [-0.05, 0) is 32.2 Å². The van der Waals surface area contributed by atoms with E-state index < -0.39 is 0 Å². The van der Waals surface area contributed by atoms with Crippen molar-refractivity contribution in [3.05, 3.63) is 0 Å². The van der Waals surface area contributed by atoms with Gasteiger partial charge in [0.15, 0.2) is 0 Å². The van der Waals surface area contributed by atoms with Crippen LogP contribution < -0.4 is 5.32 Å². The molecule has 2 heterocycles. The topological polar surface area (TPSA) is 32.3 Å². The second-order valence-electron chi connectivity index (χ2n) is 4.24. The molecule has 1 amide bonds. The number of nitrogens with zero attached hydrogens (tertiary/aromatic N) is 1. The molecule has 1 atom stereocenters. The number of carbonyl (C=O) groups excluding carboxylic acids is 1. The van der Waals surface area contributed by atoms with E-state index in [1.807, 2.05) is 4.90 Å². The molecule has 0 aromatic heterocycles. The molecule has 82 valence electrons. The van der Waals surface area contributed by atoms with Crippen LogP contribution in [0.4, 0.5) is 0 Å². The van der Waals surface area contributed by atoms with Crippen LogP contribution in [0.25, 0.3) is 0 Å². The summed E-state index contributed by atoms with van der Waals surface area (Å²) in [5, 5.41) is 3.38. The number of hydrogen-bond acceptors (Lipinski definition) is 2. The summed E-state index contributed by atoms with van der Waals surface area (Å²) in [7, 11) is 0. The van der Waals surface area contributed by atoms with E-state index in [0.29, 0.717) is 19.0 Å². The molecule has 0 radical (unpaired) electrons. The molecule has 2 aliphatic heterocycles. The van der Waals surface area contributed by atoms with Crippen molar-refractivity contribution in [1.29, 1.82) is 0 Å². The van der Waals surface area contributed by atoms with Crippen LogP contribution in [-0.4, -0.2) is 36.5 Å². The Labute approximate surface area is 91.2 Å². The van der Waals surface area contributed by atoms with E-state index in [1.54, 1.807) is 0 Å². The monoisotopic (exact) mass is 206 g/mol. The molecule has 3 heteroatoms. The first-order chi connectivity index (χ1) is 7.36. The maximum Gasteiger partial charge on any atom is 0.223 e. The predicted octanol–water partition coefficient (Wildman–Crippen LogP) is 0.754. The molecule has 2 aliphatic rings. The number of amides is 1. The lowest BCUT2D eigenvalue weighted by atomic mass is 10.1. The normalized spacial score (nSPS) is 26.3. The number of carbonyl (C=O) groups is 1. The zero-order chi connectivity index (χ0) is 10.5. The number of piperidine rings is 1. The van der Waals surface area contributed by atoms with Crippen LogP contribution in [0.1, 0.15) is 32.1 Å². The summed E-state index contributed by atoms with van der Waals surface area (Å²) >= 11 is 0. The van der Waals surface area contributed by atoms with Gasteiger partial charge in [0.1, 0.15) is 0 Å². The Balaban J connectivity index is 1.76. The summed E-state index contributed by atoms with van der Waals surface area (Å²) < 4.78 is 0. The van der Waals surface area contributed by atoms with Gasteiger partial charge in [0.05, 0.1) is 12.6 Å². The molecule has 2 rings (SSSR count). The first kappa shape index (κ1) is 10.5. The second-order valence-corrected chi connectivity index (χ2v) is 4.24. The van der Waals surface area contributed by atoms with Crippen molar-refractivity contribution in [1.82, 2.24) is 10.2 Å². The van der Waals surface area contributed by atoms with E-state index in [0.717, 1.165) is 25.9 Å². The van der Waals surface area contributed by atoms with Crippen LogP contribution in [0.2, 0.25) is 0 Å². The van der Waals surface area contributed by atoms with Crippen molar-refractivity contribution in [3.63, 3.8) is 0 Å². The summed E-state index contributed by atoms with van der Waals surface area (Å²) in [6.07, 6.45) is 5.41. The third-order valence-corrected chi connectivity index (χ3v) is 3.03. The Bertz CT molecular complexity index is 284. The number of likely N-dealkylation sites (tertiary alicyclic amines) is 1. The zero-order valence-electron chi connectivity index (χ0n) is 9.09. The molecule has 0 bridgehead atoms. The maximum atomic E-state index is 11.3. The van der Waals surface area contributed by atoms with Crippen molar-refractivity contribution in [2.24, 2.45) is 0 Å². The van der Waals surface area contributed by atoms with E-state index in [4.69, 9.17) is 0 Å². The average Bonchev–Trinajstić information content (AvgIpc) is 2.66. The van der Waals surface area contributed by atoms with Crippen molar-refractivity contribution >= 4 is 5.91 Å². The van der Waals surface area contributed by atoms with E-state index in [-0.39, 0.29) is 5.91 Å². The molecular formula is C12H18N2O. The van der Waals surface area contributed by atoms with Crippen molar-refractivity contribution in [3.8, 4) is 11.8 Å². The number of nitrogens with one attached hydrogen (secondary N) is 1. The van der Waals surface area contributed by atoms with E-state index in [1.165, 1.54) is 12.8 Å². The molecule has 0 saturated carbocycles. The first-order valence-electron chi connectivity index (χ1n) is 5.86. The largest absolute Gasteiger partial charge is 0.332 e. The van der Waals surface area contributed by atoms with Crippen molar-refractivity contribution < 1.29 is 4.79 Å². The molecule has 2 saturated heterocycles. The van der Waals surface area contributed by atoms with Gasteiger partial charge in [-0.1, -0.05) is 11.8 Å². The van der Waals surface area contributed by atoms with Gasteiger partial charge in [-0.15, -0.1) is 0 Å². The molecule has 0 aromatic rings. The Morgan fingerprint density at radius 1 is 1.40 bits per heavy atom. The minimum atomic E-state index is 0.265. The fourth-order valence-corrected chi connectivity index (χ4v) is 2.11. The van der Waals surface area contributed by atoms with Crippen LogP contribution in [0, 0.1) is 11.8 Å². The lowest BCUT2D eigenvalue weighted by Gasteiger charge is -2.18. The summed E-state index contributed by atoms with van der Waals surface area (Å²) in [4.78, 5) is 13.2. The quantitative estimate of drug-likeness (QED) is 0.642. The molecule has 0 aliphatic carbocycles. The summed E-state index contributed by atoms with van der Waals surface area (Å²) in [6.45, 7) is 2.60. The number of hydrogen-bond donors (Lipinski definition) is 1. The standard InChI is InChI=1S/C12H18N2O/c15-12-7-4-10-14(12)9-3-6-11-5-1-2-8-13-11/h11,13H,1-2,4-5,7-10H2/t11-/m1/s1. The van der Waals surface area contributed by atoms with Crippen molar-refractivity contribution in [2.75, 3.05) is 19.6 Å². The highest BCUT2D eigenvalue weighted by Crippen LogP contribution is 2.08. The zero-order valence-corrected chi connectivity index (χ0v) is 9.09. The lowest BCUT2D eigenvalue weighted by molar-refractivity contribution is -0.127.